The molecule has 0 saturated carbocycles. The summed E-state index contributed by atoms with van der Waals surface area (Å²) in [5, 5.41) is 3.47. The molecule has 3 unspecified atom stereocenters. The lowest BCUT2D eigenvalue weighted by atomic mass is 9.88. The van der Waals surface area contributed by atoms with E-state index >= 15 is 0 Å². The SMILES string of the molecule is CN(C(=O)C1CC2CCC1N2)c1ccc(F)cc1. The molecule has 0 aliphatic carbocycles. The summed E-state index contributed by atoms with van der Waals surface area (Å²) in [5.74, 6) is -0.0544. The van der Waals surface area contributed by atoms with Gasteiger partial charge in [-0.15, -0.1) is 0 Å². The van der Waals surface area contributed by atoms with Gasteiger partial charge in [-0.05, 0) is 43.5 Å². The zero-order valence-electron chi connectivity index (χ0n) is 10.4. The highest BCUT2D eigenvalue weighted by Crippen LogP contribution is 2.34. The van der Waals surface area contributed by atoms with E-state index in [-0.39, 0.29) is 17.6 Å². The number of carbonyl (C=O) groups is 1. The number of hydrogen-bond acceptors (Lipinski definition) is 2. The molecular formula is C14H17FN2O. The molecule has 1 aromatic carbocycles. The Morgan fingerprint density at radius 1 is 1.33 bits per heavy atom. The highest BCUT2D eigenvalue weighted by Gasteiger charge is 2.43. The third-order valence-corrected chi connectivity index (χ3v) is 4.16. The van der Waals surface area contributed by atoms with Crippen LogP contribution in [0.15, 0.2) is 24.3 Å². The van der Waals surface area contributed by atoms with E-state index in [2.05, 4.69) is 5.32 Å². The first kappa shape index (κ1) is 11.7. The van der Waals surface area contributed by atoms with Gasteiger partial charge in [-0.1, -0.05) is 0 Å². The van der Waals surface area contributed by atoms with Crippen LogP contribution in [0.3, 0.4) is 0 Å². The highest BCUT2D eigenvalue weighted by atomic mass is 19.1. The molecule has 2 bridgehead atoms. The van der Waals surface area contributed by atoms with Gasteiger partial charge in [-0.2, -0.15) is 0 Å². The standard InChI is InChI=1S/C14H17FN2O/c1-17(11-5-2-9(15)3-6-11)14(18)12-8-10-4-7-13(12)16-10/h2-3,5-6,10,12-13,16H,4,7-8H2,1H3. The molecule has 3 atom stereocenters. The fourth-order valence-corrected chi connectivity index (χ4v) is 3.14. The number of benzene rings is 1. The van der Waals surface area contributed by atoms with Crippen LogP contribution in [-0.2, 0) is 4.79 Å². The maximum Gasteiger partial charge on any atom is 0.231 e. The maximum atomic E-state index is 12.9. The molecule has 0 spiro atoms. The summed E-state index contributed by atoms with van der Waals surface area (Å²) in [4.78, 5) is 14.1. The van der Waals surface area contributed by atoms with Crippen LogP contribution in [0.5, 0.6) is 0 Å². The summed E-state index contributed by atoms with van der Waals surface area (Å²) >= 11 is 0. The van der Waals surface area contributed by atoms with Gasteiger partial charge in [0.2, 0.25) is 5.91 Å². The Hall–Kier alpha value is -1.42. The Morgan fingerprint density at radius 2 is 2.06 bits per heavy atom. The molecule has 96 valence electrons. The maximum absolute atomic E-state index is 12.9. The molecule has 18 heavy (non-hydrogen) atoms. The summed E-state index contributed by atoms with van der Waals surface area (Å²) < 4.78 is 12.9. The molecule has 2 heterocycles. The zero-order chi connectivity index (χ0) is 12.7. The third kappa shape index (κ3) is 1.90. The highest BCUT2D eigenvalue weighted by molar-refractivity contribution is 5.95. The second-order valence-corrected chi connectivity index (χ2v) is 5.26. The Morgan fingerprint density at radius 3 is 2.61 bits per heavy atom. The number of hydrogen-bond donors (Lipinski definition) is 1. The lowest BCUT2D eigenvalue weighted by molar-refractivity contribution is -0.122. The first-order valence-corrected chi connectivity index (χ1v) is 6.44. The minimum absolute atomic E-state index is 0.0822. The van der Waals surface area contributed by atoms with Gasteiger partial charge in [0.25, 0.3) is 0 Å². The number of rotatable bonds is 2. The lowest BCUT2D eigenvalue weighted by Gasteiger charge is -2.25. The van der Waals surface area contributed by atoms with Crippen molar-refractivity contribution < 1.29 is 9.18 Å². The monoisotopic (exact) mass is 248 g/mol. The first-order chi connectivity index (χ1) is 8.65. The van der Waals surface area contributed by atoms with E-state index in [9.17, 15) is 9.18 Å². The van der Waals surface area contributed by atoms with Crippen LogP contribution < -0.4 is 10.2 Å². The van der Waals surface area contributed by atoms with Gasteiger partial charge >= 0.3 is 0 Å². The largest absolute Gasteiger partial charge is 0.315 e. The van der Waals surface area contributed by atoms with Crippen molar-refractivity contribution in [1.82, 2.24) is 5.32 Å². The van der Waals surface area contributed by atoms with Crippen molar-refractivity contribution in [3.05, 3.63) is 30.1 Å². The number of amides is 1. The van der Waals surface area contributed by atoms with Crippen LogP contribution in [0.1, 0.15) is 19.3 Å². The van der Waals surface area contributed by atoms with Gasteiger partial charge in [0, 0.05) is 24.8 Å². The number of halogens is 1. The molecule has 1 amide bonds. The molecule has 4 heteroatoms. The quantitative estimate of drug-likeness (QED) is 0.867. The van der Waals surface area contributed by atoms with Gasteiger partial charge in [0.15, 0.2) is 0 Å². The Labute approximate surface area is 106 Å². The molecule has 1 N–H and O–H groups in total. The molecule has 2 aliphatic heterocycles. The van der Waals surface area contributed by atoms with Crippen molar-refractivity contribution in [2.75, 3.05) is 11.9 Å². The number of carbonyl (C=O) groups excluding carboxylic acids is 1. The Kier molecular flexibility index (Phi) is 2.82. The van der Waals surface area contributed by atoms with Crippen LogP contribution >= 0.6 is 0 Å². The number of fused-ring (bicyclic) bond motifs is 2. The minimum atomic E-state index is -0.277. The summed E-state index contributed by atoms with van der Waals surface area (Å²) in [6, 6.07) is 6.92. The van der Waals surface area contributed by atoms with E-state index < -0.39 is 0 Å². The zero-order valence-corrected chi connectivity index (χ0v) is 10.4. The molecule has 2 saturated heterocycles. The molecule has 3 rings (SSSR count). The summed E-state index contributed by atoms with van der Waals surface area (Å²) in [6.07, 6.45) is 3.22. The lowest BCUT2D eigenvalue weighted by Crippen LogP contribution is -2.38. The van der Waals surface area contributed by atoms with E-state index in [1.54, 1.807) is 24.1 Å². The third-order valence-electron chi connectivity index (χ3n) is 4.16. The summed E-state index contributed by atoms with van der Waals surface area (Å²) in [6.45, 7) is 0. The average molecular weight is 248 g/mol. The van der Waals surface area contributed by atoms with Gasteiger partial charge in [0.1, 0.15) is 5.82 Å². The van der Waals surface area contributed by atoms with Crippen LogP contribution in [0, 0.1) is 11.7 Å². The van der Waals surface area contributed by atoms with Crippen molar-refractivity contribution >= 4 is 11.6 Å². The molecule has 0 radical (unpaired) electrons. The molecule has 1 aromatic rings. The van der Waals surface area contributed by atoms with Crippen molar-refractivity contribution in [1.29, 1.82) is 0 Å². The molecule has 2 aliphatic rings. The van der Waals surface area contributed by atoms with E-state index in [4.69, 9.17) is 0 Å². The minimum Gasteiger partial charge on any atom is -0.315 e. The second-order valence-electron chi connectivity index (χ2n) is 5.26. The normalized spacial score (nSPS) is 29.6. The first-order valence-electron chi connectivity index (χ1n) is 6.44. The van der Waals surface area contributed by atoms with Crippen LogP contribution in [0.25, 0.3) is 0 Å². The van der Waals surface area contributed by atoms with Crippen LogP contribution in [0.4, 0.5) is 10.1 Å². The Balaban J connectivity index is 1.74. The van der Waals surface area contributed by atoms with E-state index in [1.165, 1.54) is 18.6 Å². The topological polar surface area (TPSA) is 32.3 Å². The smallest absolute Gasteiger partial charge is 0.231 e. The Bertz CT molecular complexity index is 459. The van der Waals surface area contributed by atoms with Crippen molar-refractivity contribution in [2.45, 2.75) is 31.3 Å². The van der Waals surface area contributed by atoms with E-state index in [0.29, 0.717) is 12.1 Å². The molecule has 3 nitrogen and oxygen atoms in total. The molecular weight excluding hydrogens is 231 g/mol. The number of nitrogens with zero attached hydrogens (tertiary/aromatic N) is 1. The predicted octanol–water partition coefficient (Wildman–Crippen LogP) is 1.93. The van der Waals surface area contributed by atoms with Crippen molar-refractivity contribution in [2.24, 2.45) is 5.92 Å². The van der Waals surface area contributed by atoms with Crippen LogP contribution in [0.2, 0.25) is 0 Å². The van der Waals surface area contributed by atoms with Gasteiger partial charge in [-0.3, -0.25) is 4.79 Å². The van der Waals surface area contributed by atoms with Gasteiger partial charge in [-0.25, -0.2) is 4.39 Å². The average Bonchev–Trinajstić information content (AvgIpc) is 3.00. The fourth-order valence-electron chi connectivity index (χ4n) is 3.14. The second kappa shape index (κ2) is 4.35. The summed E-state index contributed by atoms with van der Waals surface area (Å²) in [7, 11) is 1.77. The van der Waals surface area contributed by atoms with Gasteiger partial charge in [0.05, 0.1) is 5.92 Å². The van der Waals surface area contributed by atoms with Crippen LogP contribution in [-0.4, -0.2) is 25.0 Å². The number of anilines is 1. The van der Waals surface area contributed by atoms with E-state index in [0.717, 1.165) is 18.5 Å². The molecule has 2 fully saturated rings. The fraction of sp³-hybridized carbons (Fsp3) is 0.500. The van der Waals surface area contributed by atoms with E-state index in [1.807, 2.05) is 0 Å². The predicted molar refractivity (Wildman–Crippen MR) is 67.9 cm³/mol. The van der Waals surface area contributed by atoms with Crippen molar-refractivity contribution in [3.63, 3.8) is 0 Å². The van der Waals surface area contributed by atoms with Gasteiger partial charge < -0.3 is 10.2 Å². The van der Waals surface area contributed by atoms with Crippen molar-refractivity contribution in [3.8, 4) is 0 Å². The summed E-state index contributed by atoms with van der Waals surface area (Å²) in [5.41, 5.74) is 0.754. The molecule has 0 aromatic heterocycles. The number of nitrogens with one attached hydrogen (secondary N) is 1.